The Kier molecular flexibility index (Phi) is 5.98. The maximum atomic E-state index is 12.1. The number of nitrogens with zero attached hydrogens (tertiary/aromatic N) is 1. The van der Waals surface area contributed by atoms with E-state index in [0.29, 0.717) is 12.5 Å². The first-order valence-electron chi connectivity index (χ1n) is 6.54. The minimum absolute atomic E-state index is 0.150. The normalized spacial score (nSPS) is 11.1. The van der Waals surface area contributed by atoms with Crippen LogP contribution in [-0.2, 0) is 13.1 Å². The summed E-state index contributed by atoms with van der Waals surface area (Å²) in [5.74, 6) is 0.612. The van der Waals surface area contributed by atoms with Crippen molar-refractivity contribution in [1.29, 1.82) is 0 Å². The monoisotopic (exact) mass is 236 g/mol. The molecule has 0 aliphatic rings. The van der Waals surface area contributed by atoms with Crippen molar-refractivity contribution in [3.05, 3.63) is 34.2 Å². The van der Waals surface area contributed by atoms with Crippen molar-refractivity contribution >= 4 is 0 Å². The Labute approximate surface area is 104 Å². The molecule has 0 aliphatic carbocycles. The first-order chi connectivity index (χ1) is 8.15. The van der Waals surface area contributed by atoms with Crippen LogP contribution in [0.15, 0.2) is 23.1 Å². The summed E-state index contributed by atoms with van der Waals surface area (Å²) >= 11 is 0. The Bertz CT molecular complexity index is 382. The fourth-order valence-corrected chi connectivity index (χ4v) is 1.72. The second-order valence-electron chi connectivity index (χ2n) is 4.91. The van der Waals surface area contributed by atoms with Crippen molar-refractivity contribution in [2.45, 2.75) is 46.7 Å². The summed E-state index contributed by atoms with van der Waals surface area (Å²) in [7, 11) is 0. The van der Waals surface area contributed by atoms with Crippen molar-refractivity contribution in [2.75, 3.05) is 6.54 Å². The van der Waals surface area contributed by atoms with Gasteiger partial charge in [-0.3, -0.25) is 4.79 Å². The van der Waals surface area contributed by atoms with Crippen LogP contribution in [0.1, 0.15) is 39.2 Å². The van der Waals surface area contributed by atoms with Gasteiger partial charge >= 0.3 is 0 Å². The van der Waals surface area contributed by atoms with Gasteiger partial charge in [-0.05, 0) is 24.9 Å². The van der Waals surface area contributed by atoms with E-state index in [-0.39, 0.29) is 5.56 Å². The van der Waals surface area contributed by atoms with Crippen molar-refractivity contribution in [2.24, 2.45) is 5.92 Å². The number of pyridine rings is 1. The van der Waals surface area contributed by atoms with Crippen molar-refractivity contribution in [3.8, 4) is 0 Å². The van der Waals surface area contributed by atoms with Gasteiger partial charge in [0.05, 0.1) is 0 Å². The van der Waals surface area contributed by atoms with Gasteiger partial charge in [-0.1, -0.05) is 33.3 Å². The molecule has 3 heteroatoms. The lowest BCUT2D eigenvalue weighted by molar-refractivity contribution is 0.545. The fourth-order valence-electron chi connectivity index (χ4n) is 1.72. The molecular weight excluding hydrogens is 212 g/mol. The Hall–Kier alpha value is -1.09. The molecule has 0 aromatic carbocycles. The van der Waals surface area contributed by atoms with E-state index >= 15 is 0 Å². The first kappa shape index (κ1) is 14.0. The first-order valence-corrected chi connectivity index (χ1v) is 6.54. The predicted molar refractivity (Wildman–Crippen MR) is 72.2 cm³/mol. The molecule has 0 radical (unpaired) electrons. The quantitative estimate of drug-likeness (QED) is 0.788. The maximum Gasteiger partial charge on any atom is 0.255 e. The van der Waals surface area contributed by atoms with Crippen molar-refractivity contribution in [3.63, 3.8) is 0 Å². The van der Waals surface area contributed by atoms with Gasteiger partial charge < -0.3 is 9.88 Å². The molecule has 0 unspecified atom stereocenters. The molecule has 0 saturated heterocycles. The number of aryl methyl sites for hydroxylation is 1. The molecule has 1 heterocycles. The topological polar surface area (TPSA) is 34.0 Å². The summed E-state index contributed by atoms with van der Waals surface area (Å²) in [5, 5.41) is 3.31. The molecule has 0 fully saturated rings. The molecule has 0 amide bonds. The van der Waals surface area contributed by atoms with Crippen LogP contribution in [0.2, 0.25) is 0 Å². The van der Waals surface area contributed by atoms with E-state index in [1.165, 1.54) is 0 Å². The molecular formula is C14H24N2O. The van der Waals surface area contributed by atoms with Crippen LogP contribution in [0.3, 0.4) is 0 Å². The van der Waals surface area contributed by atoms with E-state index < -0.39 is 0 Å². The van der Waals surface area contributed by atoms with E-state index in [4.69, 9.17) is 0 Å². The highest BCUT2D eigenvalue weighted by Gasteiger charge is 2.02. The maximum absolute atomic E-state index is 12.1. The summed E-state index contributed by atoms with van der Waals surface area (Å²) in [6.07, 6.45) is 4.05. The highest BCUT2D eigenvalue weighted by atomic mass is 16.1. The minimum Gasteiger partial charge on any atom is -0.315 e. The summed E-state index contributed by atoms with van der Waals surface area (Å²) < 4.78 is 1.82. The number of hydrogen-bond donors (Lipinski definition) is 1. The number of rotatable bonds is 7. The third-order valence-corrected chi connectivity index (χ3v) is 2.72. The van der Waals surface area contributed by atoms with Gasteiger partial charge in [-0.15, -0.1) is 0 Å². The van der Waals surface area contributed by atoms with Crippen LogP contribution in [-0.4, -0.2) is 11.1 Å². The summed E-state index contributed by atoms with van der Waals surface area (Å²) in [6.45, 7) is 8.91. The van der Waals surface area contributed by atoms with Gasteiger partial charge in [0.2, 0.25) is 0 Å². The summed E-state index contributed by atoms with van der Waals surface area (Å²) in [4.78, 5) is 12.1. The summed E-state index contributed by atoms with van der Waals surface area (Å²) in [6, 6.07) is 3.88. The van der Waals surface area contributed by atoms with Gasteiger partial charge in [-0.25, -0.2) is 0 Å². The molecule has 3 nitrogen and oxygen atoms in total. The van der Waals surface area contributed by atoms with E-state index in [1.54, 1.807) is 0 Å². The van der Waals surface area contributed by atoms with Crippen LogP contribution >= 0.6 is 0 Å². The molecule has 17 heavy (non-hydrogen) atoms. The van der Waals surface area contributed by atoms with E-state index in [9.17, 15) is 4.79 Å². The van der Waals surface area contributed by atoms with Crippen LogP contribution < -0.4 is 10.9 Å². The van der Waals surface area contributed by atoms with Gasteiger partial charge in [0.15, 0.2) is 0 Å². The van der Waals surface area contributed by atoms with Crippen LogP contribution in [0.5, 0.6) is 0 Å². The molecule has 1 aromatic heterocycles. The van der Waals surface area contributed by atoms with Crippen molar-refractivity contribution in [1.82, 2.24) is 9.88 Å². The zero-order valence-electron chi connectivity index (χ0n) is 11.2. The minimum atomic E-state index is 0.150. The number of hydrogen-bond acceptors (Lipinski definition) is 2. The average molecular weight is 236 g/mol. The Balaban J connectivity index is 2.63. The molecule has 0 spiro atoms. The number of nitrogens with one attached hydrogen (secondary N) is 1. The number of aromatic nitrogens is 1. The Morgan fingerprint density at radius 2 is 2.18 bits per heavy atom. The largest absolute Gasteiger partial charge is 0.315 e. The molecule has 0 bridgehead atoms. The highest BCUT2D eigenvalue weighted by Crippen LogP contribution is 1.96. The van der Waals surface area contributed by atoms with Crippen LogP contribution in [0, 0.1) is 5.92 Å². The zero-order chi connectivity index (χ0) is 12.7. The Morgan fingerprint density at radius 3 is 2.82 bits per heavy atom. The molecule has 96 valence electrons. The van der Waals surface area contributed by atoms with Crippen LogP contribution in [0.25, 0.3) is 0 Å². The van der Waals surface area contributed by atoms with Gasteiger partial charge in [0.1, 0.15) is 0 Å². The van der Waals surface area contributed by atoms with Gasteiger partial charge in [0, 0.05) is 24.8 Å². The molecule has 0 saturated carbocycles. The standard InChI is InChI=1S/C14H24N2O/c1-4-5-8-16-9-6-7-13(14(16)17)11-15-10-12(2)3/h6-7,9,12,15H,4-5,8,10-11H2,1-3H3. The zero-order valence-corrected chi connectivity index (χ0v) is 11.2. The smallest absolute Gasteiger partial charge is 0.255 e. The molecule has 1 aromatic rings. The molecule has 1 rings (SSSR count). The van der Waals surface area contributed by atoms with Crippen molar-refractivity contribution < 1.29 is 0 Å². The van der Waals surface area contributed by atoms with Crippen LogP contribution in [0.4, 0.5) is 0 Å². The second-order valence-corrected chi connectivity index (χ2v) is 4.91. The Morgan fingerprint density at radius 1 is 1.41 bits per heavy atom. The average Bonchev–Trinajstić information content (AvgIpc) is 2.29. The highest BCUT2D eigenvalue weighted by molar-refractivity contribution is 5.10. The summed E-state index contributed by atoms with van der Waals surface area (Å²) in [5.41, 5.74) is 1.02. The third-order valence-electron chi connectivity index (χ3n) is 2.72. The molecule has 0 aliphatic heterocycles. The molecule has 0 atom stereocenters. The van der Waals surface area contributed by atoms with E-state index in [1.807, 2.05) is 22.9 Å². The molecule has 1 N–H and O–H groups in total. The van der Waals surface area contributed by atoms with Gasteiger partial charge in [0.25, 0.3) is 5.56 Å². The number of unbranched alkanes of at least 4 members (excludes halogenated alkanes) is 1. The third kappa shape index (κ3) is 4.73. The lowest BCUT2D eigenvalue weighted by Gasteiger charge is -2.09. The van der Waals surface area contributed by atoms with Gasteiger partial charge in [-0.2, -0.15) is 0 Å². The lowest BCUT2D eigenvalue weighted by Crippen LogP contribution is -2.28. The lowest BCUT2D eigenvalue weighted by atomic mass is 10.2. The van der Waals surface area contributed by atoms with E-state index in [0.717, 1.165) is 31.5 Å². The fraction of sp³-hybridized carbons (Fsp3) is 0.643. The van der Waals surface area contributed by atoms with E-state index in [2.05, 4.69) is 26.1 Å². The second kappa shape index (κ2) is 7.28. The predicted octanol–water partition coefficient (Wildman–Crippen LogP) is 2.39. The SMILES string of the molecule is CCCCn1cccc(CNCC(C)C)c1=O.